The van der Waals surface area contributed by atoms with Crippen LogP contribution in [0.3, 0.4) is 0 Å². The van der Waals surface area contributed by atoms with Gasteiger partial charge in [0.2, 0.25) is 0 Å². The molecule has 6 aromatic carbocycles. The van der Waals surface area contributed by atoms with E-state index in [1.165, 1.54) is 79.4 Å². The lowest BCUT2D eigenvalue weighted by molar-refractivity contribution is -0.138. The van der Waals surface area contributed by atoms with Crippen molar-refractivity contribution in [1.82, 2.24) is 0 Å². The van der Waals surface area contributed by atoms with Crippen LogP contribution in [0, 0.1) is 59.7 Å². The quantitative estimate of drug-likeness (QED) is 0.0607. The molecule has 0 atom stereocenters. The van der Waals surface area contributed by atoms with Crippen molar-refractivity contribution < 1.29 is 29.7 Å². The third-order valence-corrected chi connectivity index (χ3v) is 15.0. The van der Waals surface area contributed by atoms with Crippen molar-refractivity contribution in [1.29, 1.82) is 0 Å². The molecule has 3 N–H and O–H groups in total. The third kappa shape index (κ3) is 18.6. The number of hydrogen-bond acceptors (Lipinski definition) is 6. The fraction of sp³-hybridized carbons (Fsp3) is 0.316. The van der Waals surface area contributed by atoms with E-state index in [9.17, 15) is 14.4 Å². The molecule has 0 saturated carbocycles. The predicted molar refractivity (Wildman–Crippen MR) is 272 cm³/mol. The van der Waals surface area contributed by atoms with Gasteiger partial charge in [-0.3, -0.25) is 14.4 Å². The smallest absolute Gasteiger partial charge is 0.303 e. The third-order valence-electron chi connectivity index (χ3n) is 11.3. The minimum Gasteiger partial charge on any atom is -0.481 e. The van der Waals surface area contributed by atoms with Crippen LogP contribution < -0.4 is 0 Å². The number of carbonyl (C=O) groups is 3. The molecule has 0 aliphatic heterocycles. The van der Waals surface area contributed by atoms with E-state index in [4.69, 9.17) is 15.3 Å². The van der Waals surface area contributed by atoms with Crippen LogP contribution in [0.25, 0.3) is 0 Å². The van der Waals surface area contributed by atoms with Crippen molar-refractivity contribution in [2.75, 3.05) is 0 Å². The number of unbranched alkanes of at least 4 members (excludes halogenated alkanes) is 3. The van der Waals surface area contributed by atoms with Crippen LogP contribution >= 0.6 is 35.3 Å². The van der Waals surface area contributed by atoms with Gasteiger partial charge in [0.15, 0.2) is 0 Å². The molecule has 0 spiro atoms. The lowest BCUT2D eigenvalue weighted by atomic mass is 9.87. The van der Waals surface area contributed by atoms with Gasteiger partial charge in [0.05, 0.1) is 0 Å². The van der Waals surface area contributed by atoms with E-state index < -0.39 is 17.9 Å². The molecule has 0 unspecified atom stereocenters. The van der Waals surface area contributed by atoms with E-state index in [1.807, 2.05) is 60.3 Å². The minimum atomic E-state index is -0.748. The van der Waals surface area contributed by atoms with Gasteiger partial charge >= 0.3 is 17.9 Å². The Bertz CT molecular complexity index is 2400. The number of carboxylic acids is 3. The number of benzene rings is 6. The molecule has 6 aromatic rings. The lowest BCUT2D eigenvalue weighted by Crippen LogP contribution is -2.07. The molecule has 345 valence electrons. The molecule has 6 rings (SSSR count). The van der Waals surface area contributed by atoms with Crippen molar-refractivity contribution in [2.24, 2.45) is 0 Å². The Morgan fingerprint density at radius 2 is 0.773 bits per heavy atom. The summed E-state index contributed by atoms with van der Waals surface area (Å²) in [6.45, 7) is 13.1. The molecule has 0 fully saturated rings. The first-order valence-electron chi connectivity index (χ1n) is 22.6. The maximum Gasteiger partial charge on any atom is 0.303 e. The first kappa shape index (κ1) is 53.4. The lowest BCUT2D eigenvalue weighted by Gasteiger charge is -2.23. The Hall–Kier alpha value is -5.22. The van der Waals surface area contributed by atoms with Crippen LogP contribution in [0.15, 0.2) is 139 Å². The van der Waals surface area contributed by atoms with Crippen molar-refractivity contribution in [3.05, 3.63) is 177 Å². The summed E-state index contributed by atoms with van der Waals surface area (Å²) in [5.74, 6) is -2.21. The topological polar surface area (TPSA) is 112 Å². The second kappa shape index (κ2) is 28.7. The van der Waals surface area contributed by atoms with Gasteiger partial charge < -0.3 is 15.3 Å². The van der Waals surface area contributed by atoms with Gasteiger partial charge in [-0.25, -0.2) is 0 Å². The van der Waals surface area contributed by atoms with Crippen molar-refractivity contribution in [2.45, 2.75) is 148 Å². The fourth-order valence-corrected chi connectivity index (χ4v) is 10.3. The average molecular weight is 940 g/mol. The molecular formula is C57H63O6S3. The highest BCUT2D eigenvalue weighted by atomic mass is 32.2. The Balaban J connectivity index is 0.000000242. The molecule has 66 heavy (non-hydrogen) atoms. The van der Waals surface area contributed by atoms with Gasteiger partial charge in [-0.15, -0.1) is 0 Å². The maximum absolute atomic E-state index is 11.0. The zero-order valence-corrected chi connectivity index (χ0v) is 41.6. The molecule has 0 aliphatic carbocycles. The van der Waals surface area contributed by atoms with Gasteiger partial charge in [0.25, 0.3) is 0 Å². The van der Waals surface area contributed by atoms with Crippen LogP contribution in [-0.4, -0.2) is 33.2 Å². The SMILES string of the molecule is Cc1ccc(C)c(Sc2c(C)c(C)c(CCCCC(=O)O)c(CCCCC(=O)O)c2C)c1C.O=C(O)CCCCc1ccc(Sc2cc[c]cc2)cc1.[c]1ccc(Sc2cc[c]cc2)cc1. The maximum atomic E-state index is 11.0. The van der Waals surface area contributed by atoms with Crippen molar-refractivity contribution >= 4 is 53.2 Å². The highest BCUT2D eigenvalue weighted by molar-refractivity contribution is 8.00. The summed E-state index contributed by atoms with van der Waals surface area (Å²) >= 11 is 5.33. The van der Waals surface area contributed by atoms with E-state index >= 15 is 0 Å². The van der Waals surface area contributed by atoms with Gasteiger partial charge in [0, 0.05) is 48.6 Å². The van der Waals surface area contributed by atoms with Crippen LogP contribution in [0.1, 0.15) is 108 Å². The van der Waals surface area contributed by atoms with E-state index in [1.54, 1.807) is 23.5 Å². The summed E-state index contributed by atoms with van der Waals surface area (Å²) in [4.78, 5) is 39.8. The van der Waals surface area contributed by atoms with Crippen LogP contribution in [-0.2, 0) is 33.6 Å². The molecule has 6 nitrogen and oxygen atoms in total. The number of hydrogen-bond donors (Lipinski definition) is 3. The Labute approximate surface area is 406 Å². The van der Waals surface area contributed by atoms with Gasteiger partial charge in [0.1, 0.15) is 0 Å². The van der Waals surface area contributed by atoms with Crippen molar-refractivity contribution in [3.63, 3.8) is 0 Å². The molecule has 3 radical (unpaired) electrons. The molecule has 0 heterocycles. The van der Waals surface area contributed by atoms with Crippen LogP contribution in [0.5, 0.6) is 0 Å². The summed E-state index contributed by atoms with van der Waals surface area (Å²) in [5, 5.41) is 26.6. The second-order valence-corrected chi connectivity index (χ2v) is 19.6. The molecular weight excluding hydrogens is 877 g/mol. The summed E-state index contributed by atoms with van der Waals surface area (Å²) in [6, 6.07) is 45.7. The summed E-state index contributed by atoms with van der Waals surface area (Å²) in [5.41, 5.74) is 11.7. The summed E-state index contributed by atoms with van der Waals surface area (Å²) in [7, 11) is 0. The van der Waals surface area contributed by atoms with E-state index in [0.29, 0.717) is 12.8 Å². The fourth-order valence-electron chi connectivity index (χ4n) is 7.36. The summed E-state index contributed by atoms with van der Waals surface area (Å²) < 4.78 is 0. The highest BCUT2D eigenvalue weighted by Gasteiger charge is 2.20. The number of carboxylic acid groups (broad SMARTS) is 3. The summed E-state index contributed by atoms with van der Waals surface area (Å²) in [6.07, 6.45) is 8.00. The number of rotatable bonds is 21. The van der Waals surface area contributed by atoms with Crippen LogP contribution in [0.2, 0.25) is 0 Å². The van der Waals surface area contributed by atoms with E-state index in [-0.39, 0.29) is 19.3 Å². The molecule has 9 heteroatoms. The molecule has 0 amide bonds. The van der Waals surface area contributed by atoms with Gasteiger partial charge in [-0.05, 0) is 216 Å². The number of aryl methyl sites for hydroxylation is 3. The minimum absolute atomic E-state index is 0.196. The van der Waals surface area contributed by atoms with E-state index in [2.05, 4.69) is 120 Å². The normalized spacial score (nSPS) is 10.6. The molecule has 0 aliphatic rings. The number of aliphatic carboxylic acids is 3. The van der Waals surface area contributed by atoms with Gasteiger partial charge in [-0.2, -0.15) is 0 Å². The Morgan fingerprint density at radius 1 is 0.394 bits per heavy atom. The molecule has 0 bridgehead atoms. The monoisotopic (exact) mass is 939 g/mol. The first-order chi connectivity index (χ1) is 31.7. The average Bonchev–Trinajstić information content (AvgIpc) is 3.30. The molecule has 0 saturated heterocycles. The van der Waals surface area contributed by atoms with E-state index in [0.717, 1.165) is 44.9 Å². The van der Waals surface area contributed by atoms with Crippen molar-refractivity contribution in [3.8, 4) is 0 Å². The van der Waals surface area contributed by atoms with Crippen LogP contribution in [0.4, 0.5) is 0 Å². The van der Waals surface area contributed by atoms with Gasteiger partial charge in [-0.1, -0.05) is 95.9 Å². The first-order valence-corrected chi connectivity index (χ1v) is 25.0. The zero-order chi connectivity index (χ0) is 47.8. The zero-order valence-electron chi connectivity index (χ0n) is 39.2. The Morgan fingerprint density at radius 3 is 1.20 bits per heavy atom. The standard InChI is InChI=1S/C28H38O4S.C17H17O2S.C12H8S/c1-17-15-16-18(2)27(19(17)3)33-28-21(5)20(4)23(11-7-9-13-25(29)30)24(22(28)6)12-8-10-14-26(31)32;18-17(19)9-5-4-6-14-10-12-16(13-11-14)20-15-7-2-1-3-8-15;1-3-7-11(8-4-1)13-12-9-5-2-6-10-12/h15-16H,7-14H2,1-6H3,(H,29,30)(H,31,32);2-3,7-8,10-13H,4-6,9H2,(H,18,19);3-10H. The Kier molecular flexibility index (Phi) is 23.2. The molecule has 0 aromatic heterocycles. The predicted octanol–water partition coefficient (Wildman–Crippen LogP) is 15.2. The highest BCUT2D eigenvalue weighted by Crippen LogP contribution is 2.42. The largest absolute Gasteiger partial charge is 0.481 e. The second-order valence-electron chi connectivity index (χ2n) is 16.3.